The molecular weight excluding hydrogens is 221 g/mol. The van der Waals surface area contributed by atoms with Gasteiger partial charge in [-0.25, -0.2) is 4.39 Å². The van der Waals surface area contributed by atoms with Crippen molar-refractivity contribution in [2.75, 3.05) is 20.3 Å². The minimum absolute atomic E-state index is 0.0270. The summed E-state index contributed by atoms with van der Waals surface area (Å²) < 4.78 is 24.0. The third-order valence-electron chi connectivity index (χ3n) is 2.89. The molecule has 0 amide bonds. The van der Waals surface area contributed by atoms with Crippen LogP contribution in [0.3, 0.4) is 0 Å². The van der Waals surface area contributed by atoms with E-state index in [1.54, 1.807) is 6.07 Å². The van der Waals surface area contributed by atoms with Crippen LogP contribution in [-0.2, 0) is 4.74 Å². The number of hydrogen-bond donors (Lipinski definition) is 1. The van der Waals surface area contributed by atoms with Gasteiger partial charge in [0.2, 0.25) is 0 Å². The molecule has 0 bridgehead atoms. The van der Waals surface area contributed by atoms with E-state index in [9.17, 15) is 4.39 Å². The van der Waals surface area contributed by atoms with E-state index in [2.05, 4.69) is 19.2 Å². The molecule has 1 aromatic rings. The molecule has 1 fully saturated rings. The van der Waals surface area contributed by atoms with Crippen molar-refractivity contribution in [3.05, 3.63) is 29.6 Å². The average molecular weight is 239 g/mol. The lowest BCUT2D eigenvalue weighted by Crippen LogP contribution is -2.51. The topological polar surface area (TPSA) is 30.5 Å². The van der Waals surface area contributed by atoms with Crippen LogP contribution in [-0.4, -0.2) is 25.9 Å². The zero-order valence-electron chi connectivity index (χ0n) is 10.4. The Kier molecular flexibility index (Phi) is 3.35. The maximum atomic E-state index is 13.6. The summed E-state index contributed by atoms with van der Waals surface area (Å²) in [5, 5.41) is 3.44. The number of hydrogen-bond acceptors (Lipinski definition) is 3. The first-order valence-electron chi connectivity index (χ1n) is 5.71. The second kappa shape index (κ2) is 4.63. The summed E-state index contributed by atoms with van der Waals surface area (Å²) in [4.78, 5) is 0. The van der Waals surface area contributed by atoms with Gasteiger partial charge in [0.05, 0.1) is 26.4 Å². The Morgan fingerprint density at radius 2 is 2.24 bits per heavy atom. The minimum Gasteiger partial charge on any atom is -0.494 e. The number of ether oxygens (including phenoxy) is 2. The average Bonchev–Trinajstić information content (AvgIpc) is 2.27. The quantitative estimate of drug-likeness (QED) is 0.858. The van der Waals surface area contributed by atoms with Crippen LogP contribution in [0.15, 0.2) is 18.2 Å². The van der Waals surface area contributed by atoms with Crippen LogP contribution in [0.5, 0.6) is 5.75 Å². The molecule has 1 aromatic carbocycles. The molecule has 94 valence electrons. The lowest BCUT2D eigenvalue weighted by Gasteiger charge is -2.37. The third-order valence-corrected chi connectivity index (χ3v) is 2.89. The van der Waals surface area contributed by atoms with Crippen molar-refractivity contribution >= 4 is 0 Å². The molecule has 1 unspecified atom stereocenters. The van der Waals surface area contributed by atoms with Gasteiger partial charge in [-0.1, -0.05) is 6.07 Å². The Bertz CT molecular complexity index is 406. The molecule has 1 heterocycles. The predicted molar refractivity (Wildman–Crippen MR) is 63.7 cm³/mol. The van der Waals surface area contributed by atoms with E-state index in [1.165, 1.54) is 13.2 Å². The summed E-state index contributed by atoms with van der Waals surface area (Å²) in [5.41, 5.74) is 0.801. The lowest BCUT2D eigenvalue weighted by atomic mass is 9.99. The molecule has 1 aliphatic heterocycles. The molecular formula is C13H18FNO2. The maximum Gasteiger partial charge on any atom is 0.165 e. The van der Waals surface area contributed by atoms with Crippen LogP contribution < -0.4 is 10.1 Å². The Balaban J connectivity index is 2.19. The smallest absolute Gasteiger partial charge is 0.165 e. The fraction of sp³-hybridized carbons (Fsp3) is 0.538. The maximum absolute atomic E-state index is 13.6. The number of benzene rings is 1. The number of nitrogens with one attached hydrogen (secondary N) is 1. The van der Waals surface area contributed by atoms with E-state index >= 15 is 0 Å². The fourth-order valence-electron chi connectivity index (χ4n) is 2.07. The van der Waals surface area contributed by atoms with E-state index in [1.807, 2.05) is 6.07 Å². The summed E-state index contributed by atoms with van der Waals surface area (Å²) in [5.74, 6) is -0.0695. The molecule has 0 aromatic heterocycles. The van der Waals surface area contributed by atoms with Gasteiger partial charge in [0, 0.05) is 5.54 Å². The van der Waals surface area contributed by atoms with E-state index in [-0.39, 0.29) is 23.1 Å². The molecule has 3 nitrogen and oxygen atoms in total. The number of halogens is 1. The predicted octanol–water partition coefficient (Wildman–Crippen LogP) is 2.27. The van der Waals surface area contributed by atoms with Crippen molar-refractivity contribution in [2.24, 2.45) is 0 Å². The van der Waals surface area contributed by atoms with Crippen LogP contribution in [0, 0.1) is 5.82 Å². The van der Waals surface area contributed by atoms with Gasteiger partial charge in [-0.2, -0.15) is 0 Å². The van der Waals surface area contributed by atoms with Gasteiger partial charge in [-0.15, -0.1) is 0 Å². The second-order valence-electron chi connectivity index (χ2n) is 4.99. The van der Waals surface area contributed by atoms with E-state index in [0.29, 0.717) is 13.2 Å². The number of morpholine rings is 1. The number of methoxy groups -OCH3 is 1. The molecule has 1 atom stereocenters. The highest BCUT2D eigenvalue weighted by atomic mass is 19.1. The van der Waals surface area contributed by atoms with Gasteiger partial charge < -0.3 is 14.8 Å². The molecule has 4 heteroatoms. The summed E-state index contributed by atoms with van der Waals surface area (Å²) >= 11 is 0. The van der Waals surface area contributed by atoms with Crippen molar-refractivity contribution in [3.63, 3.8) is 0 Å². The van der Waals surface area contributed by atoms with E-state index < -0.39 is 0 Å². The first-order valence-corrected chi connectivity index (χ1v) is 5.71. The summed E-state index contributed by atoms with van der Waals surface area (Å²) in [7, 11) is 1.46. The zero-order chi connectivity index (χ0) is 12.5. The van der Waals surface area contributed by atoms with E-state index in [4.69, 9.17) is 9.47 Å². The highest BCUT2D eigenvalue weighted by Gasteiger charge is 2.28. The first-order chi connectivity index (χ1) is 8.02. The Hall–Kier alpha value is -1.13. The highest BCUT2D eigenvalue weighted by Crippen LogP contribution is 2.26. The Morgan fingerprint density at radius 3 is 2.82 bits per heavy atom. The Labute approximate surface area is 101 Å². The van der Waals surface area contributed by atoms with Gasteiger partial charge in [0.1, 0.15) is 0 Å². The molecule has 0 radical (unpaired) electrons. The molecule has 0 aliphatic carbocycles. The lowest BCUT2D eigenvalue weighted by molar-refractivity contribution is 0.0126. The van der Waals surface area contributed by atoms with Crippen LogP contribution in [0.25, 0.3) is 0 Å². The highest BCUT2D eigenvalue weighted by molar-refractivity contribution is 5.31. The zero-order valence-corrected chi connectivity index (χ0v) is 10.4. The van der Waals surface area contributed by atoms with Crippen molar-refractivity contribution in [1.29, 1.82) is 0 Å². The normalized spacial score (nSPS) is 23.4. The molecule has 1 aliphatic rings. The van der Waals surface area contributed by atoms with Gasteiger partial charge >= 0.3 is 0 Å². The van der Waals surface area contributed by atoms with Crippen molar-refractivity contribution < 1.29 is 13.9 Å². The monoisotopic (exact) mass is 239 g/mol. The molecule has 2 rings (SSSR count). The van der Waals surface area contributed by atoms with Gasteiger partial charge in [0.15, 0.2) is 11.6 Å². The van der Waals surface area contributed by atoms with E-state index in [0.717, 1.165) is 5.56 Å². The summed E-state index contributed by atoms with van der Waals surface area (Å²) in [6, 6.07) is 5.04. The van der Waals surface area contributed by atoms with Gasteiger partial charge in [0.25, 0.3) is 0 Å². The van der Waals surface area contributed by atoms with Gasteiger partial charge in [-0.3, -0.25) is 0 Å². The molecule has 1 N–H and O–H groups in total. The summed E-state index contributed by atoms with van der Waals surface area (Å²) in [6.45, 7) is 5.37. The molecule has 17 heavy (non-hydrogen) atoms. The van der Waals surface area contributed by atoms with Crippen molar-refractivity contribution in [2.45, 2.75) is 25.4 Å². The van der Waals surface area contributed by atoms with Crippen molar-refractivity contribution in [3.8, 4) is 5.75 Å². The van der Waals surface area contributed by atoms with Crippen LogP contribution in [0.2, 0.25) is 0 Å². The van der Waals surface area contributed by atoms with Crippen LogP contribution in [0.4, 0.5) is 4.39 Å². The SMILES string of the molecule is COc1ccc(C2COCC(C)(C)N2)cc1F. The minimum atomic E-state index is -0.338. The largest absolute Gasteiger partial charge is 0.494 e. The van der Waals surface area contributed by atoms with Crippen LogP contribution >= 0.6 is 0 Å². The Morgan fingerprint density at radius 1 is 1.47 bits per heavy atom. The second-order valence-corrected chi connectivity index (χ2v) is 4.99. The third kappa shape index (κ3) is 2.76. The molecule has 0 spiro atoms. The van der Waals surface area contributed by atoms with Crippen molar-refractivity contribution in [1.82, 2.24) is 5.32 Å². The molecule has 0 saturated carbocycles. The summed E-state index contributed by atoms with van der Waals surface area (Å²) in [6.07, 6.45) is 0. The first kappa shape index (κ1) is 12.3. The molecule has 1 saturated heterocycles. The fourth-order valence-corrected chi connectivity index (χ4v) is 2.07. The van der Waals surface area contributed by atoms with Gasteiger partial charge in [-0.05, 0) is 31.5 Å². The standard InChI is InChI=1S/C13H18FNO2/c1-13(2)8-17-7-11(15-13)9-4-5-12(16-3)10(14)6-9/h4-6,11,15H,7-8H2,1-3H3. The number of rotatable bonds is 2. The van der Waals surface area contributed by atoms with Crippen LogP contribution in [0.1, 0.15) is 25.5 Å².